The summed E-state index contributed by atoms with van der Waals surface area (Å²) in [6, 6.07) is 4.91. The number of nitrogens with zero attached hydrogens (tertiary/aromatic N) is 2. The van der Waals surface area contributed by atoms with Crippen LogP contribution in [0.15, 0.2) is 18.2 Å². The topological polar surface area (TPSA) is 61.9 Å². The second-order valence-electron chi connectivity index (χ2n) is 7.30. The Bertz CT molecular complexity index is 668. The number of carbonyl (C=O) groups is 2. The number of carbonyl (C=O) groups excluding carboxylic acids is 2. The highest BCUT2D eigenvalue weighted by Gasteiger charge is 2.28. The van der Waals surface area contributed by atoms with E-state index in [2.05, 4.69) is 5.32 Å². The number of amides is 3. The number of piperazine rings is 1. The highest BCUT2D eigenvalue weighted by atomic mass is 35.5. The molecule has 6 nitrogen and oxygen atoms in total. The predicted molar refractivity (Wildman–Crippen MR) is 103 cm³/mol. The van der Waals surface area contributed by atoms with E-state index < -0.39 is 5.60 Å². The molecule has 1 saturated heterocycles. The highest BCUT2D eigenvalue weighted by Crippen LogP contribution is 2.25. The van der Waals surface area contributed by atoms with Crippen molar-refractivity contribution in [1.29, 1.82) is 0 Å². The molecule has 1 aromatic carbocycles. The molecule has 1 aliphatic rings. The van der Waals surface area contributed by atoms with E-state index in [1.807, 2.05) is 33.8 Å². The number of hydrogen-bond donors (Lipinski definition) is 1. The third kappa shape index (κ3) is 5.68. The number of benzene rings is 1. The molecule has 0 aliphatic carbocycles. The second kappa shape index (κ2) is 8.35. The van der Waals surface area contributed by atoms with Crippen LogP contribution in [0.1, 0.15) is 39.3 Å². The summed E-state index contributed by atoms with van der Waals surface area (Å²) in [5, 5.41) is 3.88. The number of nitrogens with one attached hydrogen (secondary N) is 1. The molecule has 1 atom stereocenters. The summed E-state index contributed by atoms with van der Waals surface area (Å²) in [6.07, 6.45) is -0.346. The van der Waals surface area contributed by atoms with Gasteiger partial charge >= 0.3 is 12.1 Å². The van der Waals surface area contributed by atoms with E-state index in [0.29, 0.717) is 36.2 Å². The summed E-state index contributed by atoms with van der Waals surface area (Å²) in [7, 11) is 0. The Hall–Kier alpha value is -1.66. The van der Waals surface area contributed by atoms with Gasteiger partial charge in [-0.1, -0.05) is 29.3 Å². The first-order chi connectivity index (χ1) is 12.1. The predicted octanol–water partition coefficient (Wildman–Crippen LogP) is 4.32. The molecule has 1 N–H and O–H groups in total. The minimum absolute atomic E-state index is 0.174. The summed E-state index contributed by atoms with van der Waals surface area (Å²) in [5.74, 6) is 0. The third-order valence-electron chi connectivity index (χ3n) is 4.00. The van der Waals surface area contributed by atoms with Gasteiger partial charge in [0.25, 0.3) is 0 Å². The van der Waals surface area contributed by atoms with Crippen molar-refractivity contribution in [3.05, 3.63) is 33.8 Å². The van der Waals surface area contributed by atoms with Gasteiger partial charge in [0.2, 0.25) is 0 Å². The molecular formula is C18H25Cl2N3O3. The summed E-state index contributed by atoms with van der Waals surface area (Å²) in [6.45, 7) is 9.19. The van der Waals surface area contributed by atoms with Gasteiger partial charge in [-0.3, -0.25) is 0 Å². The smallest absolute Gasteiger partial charge is 0.410 e. The summed E-state index contributed by atoms with van der Waals surface area (Å²) >= 11 is 12.0. The molecule has 8 heteroatoms. The van der Waals surface area contributed by atoms with Crippen LogP contribution in [0, 0.1) is 0 Å². The van der Waals surface area contributed by atoms with Crippen LogP contribution in [0.3, 0.4) is 0 Å². The van der Waals surface area contributed by atoms with Gasteiger partial charge in [-0.2, -0.15) is 0 Å². The molecule has 0 spiro atoms. The number of ether oxygens (including phenoxy) is 1. The minimum Gasteiger partial charge on any atom is -0.444 e. The average Bonchev–Trinajstić information content (AvgIpc) is 2.55. The number of urea groups is 1. The Kier molecular flexibility index (Phi) is 6.64. The first-order valence-corrected chi connectivity index (χ1v) is 9.31. The molecule has 1 aliphatic heterocycles. The van der Waals surface area contributed by atoms with E-state index >= 15 is 0 Å². The maximum atomic E-state index is 12.5. The zero-order valence-corrected chi connectivity index (χ0v) is 17.0. The molecule has 1 aromatic rings. The van der Waals surface area contributed by atoms with Crippen LogP contribution in [-0.2, 0) is 4.74 Å². The van der Waals surface area contributed by atoms with Crippen LogP contribution >= 0.6 is 23.2 Å². The maximum absolute atomic E-state index is 12.5. The number of halogens is 2. The Morgan fingerprint density at radius 2 is 1.65 bits per heavy atom. The lowest BCUT2D eigenvalue weighted by atomic mass is 10.1. The SMILES string of the molecule is CC(NC(=O)N1CCN(C(=O)OC(C)(C)C)CC1)c1ccc(Cl)c(Cl)c1. The van der Waals surface area contributed by atoms with Crippen molar-refractivity contribution < 1.29 is 14.3 Å². The summed E-state index contributed by atoms with van der Waals surface area (Å²) in [5.41, 5.74) is 0.348. The van der Waals surface area contributed by atoms with E-state index in [0.717, 1.165) is 5.56 Å². The zero-order valence-electron chi connectivity index (χ0n) is 15.5. The van der Waals surface area contributed by atoms with Crippen molar-refractivity contribution in [2.45, 2.75) is 39.3 Å². The van der Waals surface area contributed by atoms with Crippen LogP contribution in [0.25, 0.3) is 0 Å². The molecule has 0 aromatic heterocycles. The first kappa shape index (κ1) is 20.6. The van der Waals surface area contributed by atoms with Crippen molar-refractivity contribution in [2.24, 2.45) is 0 Å². The van der Waals surface area contributed by atoms with Gasteiger partial charge in [0, 0.05) is 26.2 Å². The largest absolute Gasteiger partial charge is 0.444 e. The van der Waals surface area contributed by atoms with E-state index in [9.17, 15) is 9.59 Å². The fourth-order valence-electron chi connectivity index (χ4n) is 2.56. The van der Waals surface area contributed by atoms with E-state index in [-0.39, 0.29) is 18.2 Å². The van der Waals surface area contributed by atoms with Gasteiger partial charge in [0.15, 0.2) is 0 Å². The molecule has 1 heterocycles. The molecule has 0 radical (unpaired) electrons. The highest BCUT2D eigenvalue weighted by molar-refractivity contribution is 6.42. The van der Waals surface area contributed by atoms with E-state index in [1.165, 1.54) is 0 Å². The number of hydrogen-bond acceptors (Lipinski definition) is 3. The Morgan fingerprint density at radius 3 is 2.19 bits per heavy atom. The lowest BCUT2D eigenvalue weighted by molar-refractivity contribution is 0.0169. The van der Waals surface area contributed by atoms with Gasteiger partial charge in [0.1, 0.15) is 5.60 Å². The van der Waals surface area contributed by atoms with Crippen molar-refractivity contribution in [2.75, 3.05) is 26.2 Å². The van der Waals surface area contributed by atoms with Gasteiger partial charge in [-0.15, -0.1) is 0 Å². The molecule has 0 bridgehead atoms. The van der Waals surface area contributed by atoms with Crippen molar-refractivity contribution in [1.82, 2.24) is 15.1 Å². The molecule has 1 unspecified atom stereocenters. The third-order valence-corrected chi connectivity index (χ3v) is 4.74. The zero-order chi connectivity index (χ0) is 19.5. The van der Waals surface area contributed by atoms with Crippen LogP contribution in [0.5, 0.6) is 0 Å². The van der Waals surface area contributed by atoms with E-state index in [1.54, 1.807) is 21.9 Å². The Balaban J connectivity index is 1.86. The summed E-state index contributed by atoms with van der Waals surface area (Å²) < 4.78 is 5.36. The van der Waals surface area contributed by atoms with Gasteiger partial charge in [-0.25, -0.2) is 9.59 Å². The van der Waals surface area contributed by atoms with E-state index in [4.69, 9.17) is 27.9 Å². The monoisotopic (exact) mass is 401 g/mol. The second-order valence-corrected chi connectivity index (χ2v) is 8.11. The van der Waals surface area contributed by atoms with Crippen molar-refractivity contribution >= 4 is 35.3 Å². The van der Waals surface area contributed by atoms with Gasteiger partial charge in [-0.05, 0) is 45.4 Å². The molecule has 1 fully saturated rings. The van der Waals surface area contributed by atoms with Crippen LogP contribution in [-0.4, -0.2) is 53.7 Å². The molecule has 26 heavy (non-hydrogen) atoms. The lowest BCUT2D eigenvalue weighted by Gasteiger charge is -2.36. The van der Waals surface area contributed by atoms with Crippen LogP contribution in [0.2, 0.25) is 10.0 Å². The van der Waals surface area contributed by atoms with Gasteiger partial charge in [0.05, 0.1) is 16.1 Å². The molecule has 144 valence electrons. The average molecular weight is 402 g/mol. The lowest BCUT2D eigenvalue weighted by Crippen LogP contribution is -2.54. The van der Waals surface area contributed by atoms with Gasteiger partial charge < -0.3 is 19.9 Å². The summed E-state index contributed by atoms with van der Waals surface area (Å²) in [4.78, 5) is 27.8. The molecular weight excluding hydrogens is 377 g/mol. The Morgan fingerprint density at radius 1 is 1.08 bits per heavy atom. The molecule has 0 saturated carbocycles. The Labute approximate surface area is 164 Å². The normalized spacial score (nSPS) is 16.2. The van der Waals surface area contributed by atoms with Crippen molar-refractivity contribution in [3.8, 4) is 0 Å². The molecule has 3 amide bonds. The fraction of sp³-hybridized carbons (Fsp3) is 0.556. The minimum atomic E-state index is -0.527. The van der Waals surface area contributed by atoms with Crippen LogP contribution < -0.4 is 5.32 Å². The maximum Gasteiger partial charge on any atom is 0.410 e. The molecule has 2 rings (SSSR count). The first-order valence-electron chi connectivity index (χ1n) is 8.55. The van der Waals surface area contributed by atoms with Crippen molar-refractivity contribution in [3.63, 3.8) is 0 Å². The number of rotatable bonds is 2. The quantitative estimate of drug-likeness (QED) is 0.802. The van der Waals surface area contributed by atoms with Crippen LogP contribution in [0.4, 0.5) is 9.59 Å². The fourth-order valence-corrected chi connectivity index (χ4v) is 2.87. The standard InChI is InChI=1S/C18H25Cl2N3O3/c1-12(13-5-6-14(19)15(20)11-13)21-16(24)22-7-9-23(10-8-22)17(25)26-18(2,3)4/h5-6,11-12H,7-10H2,1-4H3,(H,21,24).